The summed E-state index contributed by atoms with van der Waals surface area (Å²) >= 11 is 6.31. The summed E-state index contributed by atoms with van der Waals surface area (Å²) in [5.74, 6) is 0.325. The van der Waals surface area contributed by atoms with E-state index in [1.54, 1.807) is 6.07 Å². The van der Waals surface area contributed by atoms with Crippen molar-refractivity contribution in [1.29, 1.82) is 0 Å². The normalized spacial score (nSPS) is 11.9. The predicted octanol–water partition coefficient (Wildman–Crippen LogP) is 5.18. The Morgan fingerprint density at radius 2 is 2.00 bits per heavy atom. The molecule has 0 unspecified atom stereocenters. The lowest BCUT2D eigenvalue weighted by atomic mass is 10.1. The zero-order valence-electron chi connectivity index (χ0n) is 10.9. The maximum absolute atomic E-state index is 12.6. The predicted molar refractivity (Wildman–Crippen MR) is 83.4 cm³/mol. The fourth-order valence-corrected chi connectivity index (χ4v) is 2.15. The molecule has 1 aromatic carbocycles. The van der Waals surface area contributed by atoms with Gasteiger partial charge in [0.15, 0.2) is 4.67 Å². The third kappa shape index (κ3) is 4.32. The van der Waals surface area contributed by atoms with Gasteiger partial charge in [-0.1, -0.05) is 0 Å². The lowest BCUT2D eigenvalue weighted by Crippen LogP contribution is -2.06. The van der Waals surface area contributed by atoms with E-state index in [2.05, 4.69) is 42.4 Å². The highest BCUT2D eigenvalue weighted by Gasteiger charge is 2.33. The number of halogens is 5. The van der Waals surface area contributed by atoms with Gasteiger partial charge in [-0.3, -0.25) is 15.5 Å². The molecule has 0 aliphatic heterocycles. The Labute approximate surface area is 143 Å². The maximum Gasteiger partial charge on any atom is 0.416 e. The van der Waals surface area contributed by atoms with Crippen molar-refractivity contribution in [2.24, 2.45) is 5.10 Å². The zero-order valence-corrected chi connectivity index (χ0v) is 14.1. The highest BCUT2D eigenvalue weighted by Crippen LogP contribution is 2.35. The lowest BCUT2D eigenvalue weighted by Gasteiger charge is -2.08. The molecule has 23 heavy (non-hydrogen) atoms. The van der Waals surface area contributed by atoms with E-state index < -0.39 is 22.4 Å². The maximum atomic E-state index is 12.6. The number of nitrogens with one attached hydrogen (secondary N) is 1. The Balaban J connectivity index is 2.24. The molecule has 2 rings (SSSR count). The fourth-order valence-electron chi connectivity index (χ4n) is 1.55. The minimum Gasteiger partial charge on any atom is -0.447 e. The van der Waals surface area contributed by atoms with Crippen LogP contribution in [0.15, 0.2) is 42.9 Å². The average Bonchev–Trinajstić information content (AvgIpc) is 2.76. The molecule has 0 saturated carbocycles. The number of hydrogen-bond acceptors (Lipinski definition) is 5. The van der Waals surface area contributed by atoms with Gasteiger partial charge in [-0.15, -0.1) is 0 Å². The van der Waals surface area contributed by atoms with E-state index in [1.165, 1.54) is 6.21 Å². The first-order chi connectivity index (χ1) is 10.7. The average molecular weight is 457 g/mol. The molecule has 0 aliphatic carbocycles. The van der Waals surface area contributed by atoms with Gasteiger partial charge in [0.25, 0.3) is 5.69 Å². The third-order valence-electron chi connectivity index (χ3n) is 2.56. The van der Waals surface area contributed by atoms with Gasteiger partial charge in [-0.25, -0.2) is 0 Å². The highest BCUT2D eigenvalue weighted by atomic mass is 79.9. The van der Waals surface area contributed by atoms with Crippen LogP contribution < -0.4 is 5.43 Å². The van der Waals surface area contributed by atoms with E-state index in [4.69, 9.17) is 4.42 Å². The highest BCUT2D eigenvalue weighted by molar-refractivity contribution is 9.13. The summed E-state index contributed by atoms with van der Waals surface area (Å²) in [7, 11) is 0. The standard InChI is InChI=1S/C12H6Br2F3N3O3/c13-8-4-7(23-11(8)14)5-18-19-9-2-1-6(12(15,16)17)3-10(9)20(21)22/h1-5,19H/b18-5-. The van der Waals surface area contributed by atoms with Gasteiger partial charge in [-0.2, -0.15) is 18.3 Å². The van der Waals surface area contributed by atoms with Crippen molar-refractivity contribution in [3.63, 3.8) is 0 Å². The Bertz CT molecular complexity index is 755. The first kappa shape index (κ1) is 17.5. The van der Waals surface area contributed by atoms with E-state index in [1.807, 2.05) is 0 Å². The molecule has 2 aromatic rings. The number of alkyl halides is 3. The molecule has 11 heteroatoms. The van der Waals surface area contributed by atoms with Gasteiger partial charge in [0.05, 0.1) is 21.2 Å². The quantitative estimate of drug-likeness (QED) is 0.390. The number of nitro benzene ring substituents is 1. The van der Waals surface area contributed by atoms with Crippen LogP contribution in [0.4, 0.5) is 24.5 Å². The van der Waals surface area contributed by atoms with E-state index in [0.29, 0.717) is 21.0 Å². The Kier molecular flexibility index (Phi) is 5.09. The largest absolute Gasteiger partial charge is 0.447 e. The van der Waals surface area contributed by atoms with Crippen LogP contribution >= 0.6 is 31.9 Å². The first-order valence-corrected chi connectivity index (χ1v) is 7.36. The second kappa shape index (κ2) is 6.71. The Morgan fingerprint density at radius 3 is 2.52 bits per heavy atom. The lowest BCUT2D eigenvalue weighted by molar-refractivity contribution is -0.384. The van der Waals surface area contributed by atoms with E-state index in [9.17, 15) is 23.3 Å². The van der Waals surface area contributed by atoms with Crippen LogP contribution in [0.2, 0.25) is 0 Å². The minimum absolute atomic E-state index is 0.177. The number of hydrogen-bond donors (Lipinski definition) is 1. The van der Waals surface area contributed by atoms with Crippen LogP contribution in [0.25, 0.3) is 0 Å². The molecule has 0 aliphatic rings. The molecular weight excluding hydrogens is 451 g/mol. The van der Waals surface area contributed by atoms with Gasteiger partial charge in [0.1, 0.15) is 11.4 Å². The third-order valence-corrected chi connectivity index (χ3v) is 4.27. The van der Waals surface area contributed by atoms with Crippen LogP contribution in [0.1, 0.15) is 11.3 Å². The molecule has 1 aromatic heterocycles. The molecule has 0 amide bonds. The number of nitro groups is 1. The van der Waals surface area contributed by atoms with Crippen LogP contribution in [-0.4, -0.2) is 11.1 Å². The molecule has 6 nitrogen and oxygen atoms in total. The van der Waals surface area contributed by atoms with Gasteiger partial charge >= 0.3 is 6.18 Å². The smallest absolute Gasteiger partial charge is 0.416 e. The summed E-state index contributed by atoms with van der Waals surface area (Å²) in [6.07, 6.45) is -3.45. The molecule has 1 heterocycles. The number of benzene rings is 1. The second-order valence-electron chi connectivity index (χ2n) is 4.13. The number of nitrogens with zero attached hydrogens (tertiary/aromatic N) is 2. The first-order valence-electron chi connectivity index (χ1n) is 5.78. The van der Waals surface area contributed by atoms with Gasteiger partial charge in [0, 0.05) is 12.1 Å². The fraction of sp³-hybridized carbons (Fsp3) is 0.0833. The zero-order chi connectivity index (χ0) is 17.2. The van der Waals surface area contributed by atoms with Crippen LogP contribution in [0.3, 0.4) is 0 Å². The molecule has 0 spiro atoms. The van der Waals surface area contributed by atoms with Crippen LogP contribution in [0, 0.1) is 10.1 Å². The second-order valence-corrected chi connectivity index (χ2v) is 5.70. The number of anilines is 1. The summed E-state index contributed by atoms with van der Waals surface area (Å²) in [6, 6.07) is 3.69. The summed E-state index contributed by atoms with van der Waals surface area (Å²) in [5, 5.41) is 14.6. The van der Waals surface area contributed by atoms with E-state index in [-0.39, 0.29) is 5.69 Å². The van der Waals surface area contributed by atoms with E-state index in [0.717, 1.165) is 12.1 Å². The molecular formula is C12H6Br2F3N3O3. The molecule has 0 fully saturated rings. The van der Waals surface area contributed by atoms with Crippen LogP contribution in [-0.2, 0) is 6.18 Å². The summed E-state index contributed by atoms with van der Waals surface area (Å²) in [5.41, 5.74) is 0.293. The summed E-state index contributed by atoms with van der Waals surface area (Å²) in [6.45, 7) is 0. The molecule has 1 N–H and O–H groups in total. The molecule has 0 bridgehead atoms. The summed E-state index contributed by atoms with van der Waals surface area (Å²) in [4.78, 5) is 9.97. The van der Waals surface area contributed by atoms with Crippen molar-refractivity contribution >= 4 is 49.4 Å². The molecule has 0 saturated heterocycles. The monoisotopic (exact) mass is 455 g/mol. The van der Waals surface area contributed by atoms with Gasteiger partial charge in [-0.05, 0) is 44.0 Å². The van der Waals surface area contributed by atoms with Crippen molar-refractivity contribution < 1.29 is 22.5 Å². The van der Waals surface area contributed by atoms with Crippen molar-refractivity contribution in [2.75, 3.05) is 5.43 Å². The SMILES string of the molecule is O=[N+]([O-])c1cc(C(F)(F)F)ccc1N/N=C\c1cc(Br)c(Br)o1. The topological polar surface area (TPSA) is 80.7 Å². The number of rotatable bonds is 4. The van der Waals surface area contributed by atoms with Crippen LogP contribution in [0.5, 0.6) is 0 Å². The molecule has 122 valence electrons. The van der Waals surface area contributed by atoms with Crippen molar-refractivity contribution in [2.45, 2.75) is 6.18 Å². The number of furan rings is 1. The van der Waals surface area contributed by atoms with E-state index >= 15 is 0 Å². The Morgan fingerprint density at radius 1 is 1.30 bits per heavy atom. The van der Waals surface area contributed by atoms with Gasteiger partial charge in [0.2, 0.25) is 0 Å². The van der Waals surface area contributed by atoms with Gasteiger partial charge < -0.3 is 4.42 Å². The molecule has 0 radical (unpaired) electrons. The Hall–Kier alpha value is -1.88. The molecule has 0 atom stereocenters. The summed E-state index contributed by atoms with van der Waals surface area (Å²) < 4.78 is 44.0. The van der Waals surface area contributed by atoms with Crippen molar-refractivity contribution in [1.82, 2.24) is 0 Å². The minimum atomic E-state index is -4.67. The number of hydrazone groups is 1. The van der Waals surface area contributed by atoms with Crippen molar-refractivity contribution in [3.05, 3.63) is 54.8 Å². The van der Waals surface area contributed by atoms with Crippen molar-refractivity contribution in [3.8, 4) is 0 Å².